The molecule has 0 saturated carbocycles. The number of amides is 3. The molecule has 0 radical (unpaired) electrons. The lowest BCUT2D eigenvalue weighted by Crippen LogP contribution is -2.35. The van der Waals surface area contributed by atoms with Crippen LogP contribution in [0, 0.1) is 17.8 Å². The van der Waals surface area contributed by atoms with Crippen LogP contribution in [0.5, 0.6) is 0 Å². The fourth-order valence-corrected chi connectivity index (χ4v) is 2.89. The van der Waals surface area contributed by atoms with Crippen LogP contribution in [0.4, 0.5) is 0 Å². The van der Waals surface area contributed by atoms with E-state index in [0.717, 1.165) is 6.42 Å². The topological polar surface area (TPSA) is 66.5 Å². The fraction of sp³-hybridized carbons (Fsp3) is 0.688. The highest BCUT2D eigenvalue weighted by molar-refractivity contribution is 6.05. The zero-order chi connectivity index (χ0) is 15.4. The SMILES string of the molecule is CC(C)CCNC(=O)CCN1C(=O)[C@H]2CC=CC[C@H]2C1=O. The molecule has 0 bridgehead atoms. The van der Waals surface area contributed by atoms with Crippen molar-refractivity contribution in [2.75, 3.05) is 13.1 Å². The first kappa shape index (κ1) is 15.7. The molecule has 5 heteroatoms. The monoisotopic (exact) mass is 292 g/mol. The highest BCUT2D eigenvalue weighted by atomic mass is 16.2. The molecule has 0 aromatic carbocycles. The van der Waals surface area contributed by atoms with E-state index >= 15 is 0 Å². The third kappa shape index (κ3) is 3.71. The Bertz CT molecular complexity index is 430. The molecule has 0 unspecified atom stereocenters. The smallest absolute Gasteiger partial charge is 0.233 e. The third-order valence-electron chi connectivity index (χ3n) is 4.21. The Morgan fingerprint density at radius 1 is 1.24 bits per heavy atom. The second-order valence-electron chi connectivity index (χ2n) is 6.27. The number of fused-ring (bicyclic) bond motifs is 1. The zero-order valence-corrected chi connectivity index (χ0v) is 12.8. The zero-order valence-electron chi connectivity index (χ0n) is 12.8. The van der Waals surface area contributed by atoms with E-state index in [1.807, 2.05) is 12.2 Å². The van der Waals surface area contributed by atoms with E-state index in [0.29, 0.717) is 25.3 Å². The Hall–Kier alpha value is -1.65. The number of carbonyl (C=O) groups excluding carboxylic acids is 3. The average Bonchev–Trinajstić information content (AvgIpc) is 2.69. The lowest BCUT2D eigenvalue weighted by molar-refractivity contribution is -0.140. The molecule has 1 aliphatic heterocycles. The van der Waals surface area contributed by atoms with Gasteiger partial charge in [0.25, 0.3) is 0 Å². The number of nitrogens with zero attached hydrogens (tertiary/aromatic N) is 1. The summed E-state index contributed by atoms with van der Waals surface area (Å²) < 4.78 is 0. The van der Waals surface area contributed by atoms with Crippen LogP contribution in [-0.2, 0) is 14.4 Å². The Morgan fingerprint density at radius 2 is 1.81 bits per heavy atom. The minimum atomic E-state index is -0.202. The van der Waals surface area contributed by atoms with Crippen LogP contribution >= 0.6 is 0 Å². The van der Waals surface area contributed by atoms with Crippen LogP contribution in [-0.4, -0.2) is 35.7 Å². The van der Waals surface area contributed by atoms with Gasteiger partial charge in [-0.2, -0.15) is 0 Å². The van der Waals surface area contributed by atoms with Gasteiger partial charge in [-0.3, -0.25) is 19.3 Å². The lowest BCUT2D eigenvalue weighted by atomic mass is 9.85. The van der Waals surface area contributed by atoms with Gasteiger partial charge >= 0.3 is 0 Å². The molecule has 1 saturated heterocycles. The van der Waals surface area contributed by atoms with Gasteiger partial charge in [0, 0.05) is 19.5 Å². The van der Waals surface area contributed by atoms with Crippen LogP contribution in [0.2, 0.25) is 0 Å². The molecule has 1 N–H and O–H groups in total. The largest absolute Gasteiger partial charge is 0.356 e. The van der Waals surface area contributed by atoms with Gasteiger partial charge in [-0.25, -0.2) is 0 Å². The summed E-state index contributed by atoms with van der Waals surface area (Å²) >= 11 is 0. The van der Waals surface area contributed by atoms with Crippen molar-refractivity contribution in [1.82, 2.24) is 10.2 Å². The predicted octanol–water partition coefficient (Wildman–Crippen LogP) is 1.49. The maximum atomic E-state index is 12.2. The summed E-state index contributed by atoms with van der Waals surface area (Å²) in [4.78, 5) is 37.4. The molecular weight excluding hydrogens is 268 g/mol. The predicted molar refractivity (Wildman–Crippen MR) is 79.2 cm³/mol. The first-order chi connectivity index (χ1) is 10.0. The summed E-state index contributed by atoms with van der Waals surface area (Å²) in [5.41, 5.74) is 0. The summed E-state index contributed by atoms with van der Waals surface area (Å²) in [5.74, 6) is -0.168. The number of hydrogen-bond donors (Lipinski definition) is 1. The van der Waals surface area contributed by atoms with E-state index in [1.54, 1.807) is 0 Å². The van der Waals surface area contributed by atoms with Crippen LogP contribution in [0.25, 0.3) is 0 Å². The van der Waals surface area contributed by atoms with Crippen molar-refractivity contribution in [2.24, 2.45) is 17.8 Å². The highest BCUT2D eigenvalue weighted by Gasteiger charge is 2.46. The van der Waals surface area contributed by atoms with Gasteiger partial charge < -0.3 is 5.32 Å². The van der Waals surface area contributed by atoms with Crippen molar-refractivity contribution in [3.8, 4) is 0 Å². The molecule has 2 aliphatic rings. The van der Waals surface area contributed by atoms with Crippen molar-refractivity contribution in [3.63, 3.8) is 0 Å². The molecule has 116 valence electrons. The summed E-state index contributed by atoms with van der Waals surface area (Å²) in [7, 11) is 0. The summed E-state index contributed by atoms with van der Waals surface area (Å²) in [5, 5.41) is 2.83. The maximum absolute atomic E-state index is 12.2. The fourth-order valence-electron chi connectivity index (χ4n) is 2.89. The molecular formula is C16H24N2O3. The normalized spacial score (nSPS) is 24.6. The van der Waals surface area contributed by atoms with E-state index in [-0.39, 0.29) is 42.5 Å². The van der Waals surface area contributed by atoms with Gasteiger partial charge in [0.2, 0.25) is 17.7 Å². The van der Waals surface area contributed by atoms with E-state index in [9.17, 15) is 14.4 Å². The quantitative estimate of drug-likeness (QED) is 0.596. The van der Waals surface area contributed by atoms with Gasteiger partial charge in [-0.05, 0) is 25.2 Å². The third-order valence-corrected chi connectivity index (χ3v) is 4.21. The first-order valence-corrected chi connectivity index (χ1v) is 7.77. The average molecular weight is 292 g/mol. The number of carbonyl (C=O) groups is 3. The minimum absolute atomic E-state index is 0.0933. The Labute approximate surface area is 125 Å². The van der Waals surface area contributed by atoms with E-state index in [1.165, 1.54) is 4.90 Å². The van der Waals surface area contributed by atoms with Crippen LogP contribution < -0.4 is 5.32 Å². The Balaban J connectivity index is 1.79. The van der Waals surface area contributed by atoms with Gasteiger partial charge in [0.1, 0.15) is 0 Å². The summed E-state index contributed by atoms with van der Waals surface area (Å²) in [6, 6.07) is 0. The number of rotatable bonds is 6. The standard InChI is InChI=1S/C16H24N2O3/c1-11(2)7-9-17-14(19)8-10-18-15(20)12-5-3-4-6-13(12)16(18)21/h3-4,11-13H,5-10H2,1-2H3,(H,17,19)/t12-,13+. The molecule has 5 nitrogen and oxygen atoms in total. The molecule has 2 atom stereocenters. The second-order valence-corrected chi connectivity index (χ2v) is 6.27. The lowest BCUT2D eigenvalue weighted by Gasteiger charge is -2.14. The second kappa shape index (κ2) is 6.87. The summed E-state index contributed by atoms with van der Waals surface area (Å²) in [6.07, 6.45) is 6.35. The molecule has 0 aromatic heterocycles. The molecule has 1 aliphatic carbocycles. The number of imide groups is 1. The van der Waals surface area contributed by atoms with Crippen LogP contribution in [0.15, 0.2) is 12.2 Å². The molecule has 0 spiro atoms. The van der Waals surface area contributed by atoms with Gasteiger partial charge in [0.15, 0.2) is 0 Å². The van der Waals surface area contributed by atoms with Crippen molar-refractivity contribution >= 4 is 17.7 Å². The Morgan fingerprint density at radius 3 is 2.33 bits per heavy atom. The summed E-state index contributed by atoms with van der Waals surface area (Å²) in [6.45, 7) is 5.05. The van der Waals surface area contributed by atoms with Crippen LogP contribution in [0.3, 0.4) is 0 Å². The van der Waals surface area contributed by atoms with Crippen molar-refractivity contribution < 1.29 is 14.4 Å². The van der Waals surface area contributed by atoms with E-state index in [4.69, 9.17) is 0 Å². The highest BCUT2D eigenvalue weighted by Crippen LogP contribution is 2.34. The van der Waals surface area contributed by atoms with Gasteiger partial charge in [0.05, 0.1) is 11.8 Å². The molecule has 0 aromatic rings. The molecule has 1 fully saturated rings. The van der Waals surface area contributed by atoms with E-state index in [2.05, 4.69) is 19.2 Å². The van der Waals surface area contributed by atoms with E-state index < -0.39 is 0 Å². The maximum Gasteiger partial charge on any atom is 0.233 e. The number of likely N-dealkylation sites (tertiary alicyclic amines) is 1. The van der Waals surface area contributed by atoms with Crippen molar-refractivity contribution in [2.45, 2.75) is 39.5 Å². The molecule has 3 amide bonds. The van der Waals surface area contributed by atoms with Crippen molar-refractivity contribution in [3.05, 3.63) is 12.2 Å². The number of nitrogens with one attached hydrogen (secondary N) is 1. The molecule has 21 heavy (non-hydrogen) atoms. The van der Waals surface area contributed by atoms with Crippen molar-refractivity contribution in [1.29, 1.82) is 0 Å². The first-order valence-electron chi connectivity index (χ1n) is 7.77. The van der Waals surface area contributed by atoms with Gasteiger partial charge in [-0.15, -0.1) is 0 Å². The number of allylic oxidation sites excluding steroid dienone is 2. The van der Waals surface area contributed by atoms with Gasteiger partial charge in [-0.1, -0.05) is 26.0 Å². The number of hydrogen-bond acceptors (Lipinski definition) is 3. The molecule has 1 heterocycles. The Kier molecular flexibility index (Phi) is 5.15. The molecule has 2 rings (SSSR count). The van der Waals surface area contributed by atoms with Crippen LogP contribution in [0.1, 0.15) is 39.5 Å². The minimum Gasteiger partial charge on any atom is -0.356 e.